The Morgan fingerprint density at radius 1 is 0.569 bits per heavy atom. The molecule has 7 atom stereocenters. The highest BCUT2D eigenvalue weighted by Gasteiger charge is 2.44. The Hall–Kier alpha value is -2.12. The molecule has 1 heterocycles. The van der Waals surface area contributed by atoms with Crippen molar-refractivity contribution >= 4 is 11.9 Å². The van der Waals surface area contributed by atoms with Gasteiger partial charge in [0, 0.05) is 12.8 Å². The molecule has 1 aliphatic heterocycles. The first-order valence-corrected chi connectivity index (χ1v) is 26.8. The van der Waals surface area contributed by atoms with E-state index in [4.69, 9.17) is 14.2 Å². The van der Waals surface area contributed by atoms with Crippen LogP contribution in [0.1, 0.15) is 232 Å². The number of unbranched alkanes of at least 4 members (excludes halogenated alkanes) is 27. The van der Waals surface area contributed by atoms with Crippen molar-refractivity contribution in [1.29, 1.82) is 0 Å². The lowest BCUT2D eigenvalue weighted by Crippen LogP contribution is -2.60. The third-order valence-corrected chi connectivity index (χ3v) is 12.5. The van der Waals surface area contributed by atoms with Crippen LogP contribution in [0.2, 0.25) is 0 Å². The van der Waals surface area contributed by atoms with Crippen LogP contribution in [0.5, 0.6) is 0 Å². The average Bonchev–Trinajstić information content (AvgIpc) is 3.30. The van der Waals surface area contributed by atoms with Crippen molar-refractivity contribution in [3.63, 3.8) is 0 Å². The Labute approximate surface area is 396 Å². The summed E-state index contributed by atoms with van der Waals surface area (Å²) in [6, 6.07) is -0.820. The highest BCUT2D eigenvalue weighted by atomic mass is 16.7. The van der Waals surface area contributed by atoms with Gasteiger partial charge >= 0.3 is 5.97 Å². The number of carbonyl (C=O) groups is 2. The number of hydrogen-bond donors (Lipinski definition) is 6. The maximum atomic E-state index is 13.0. The van der Waals surface area contributed by atoms with Crippen molar-refractivity contribution in [2.24, 2.45) is 0 Å². The lowest BCUT2D eigenvalue weighted by atomic mass is 9.99. The molecule has 1 rings (SSSR count). The highest BCUT2D eigenvalue weighted by Crippen LogP contribution is 2.23. The molecule has 0 radical (unpaired) electrons. The lowest BCUT2D eigenvalue weighted by molar-refractivity contribution is -0.302. The van der Waals surface area contributed by atoms with Crippen molar-refractivity contribution in [2.75, 3.05) is 19.8 Å². The molecule has 0 aromatic rings. The van der Waals surface area contributed by atoms with E-state index in [0.29, 0.717) is 19.4 Å². The van der Waals surface area contributed by atoms with E-state index < -0.39 is 49.5 Å². The lowest BCUT2D eigenvalue weighted by Gasteiger charge is -2.40. The SMILES string of the molecule is CCCCCCCCC/C=C/C(O)C(COC1OC(CO)C(O)C(O)C1O)NC(=O)CCCCCCCCC/C=C\C/C=C\CCCCCOC(=O)CCCCCCCCCCCCC. The second-order valence-corrected chi connectivity index (χ2v) is 18.6. The summed E-state index contributed by atoms with van der Waals surface area (Å²) in [6.45, 7) is 4.24. The molecule has 1 fully saturated rings. The third-order valence-electron chi connectivity index (χ3n) is 12.5. The van der Waals surface area contributed by atoms with Gasteiger partial charge in [-0.1, -0.05) is 185 Å². The first-order valence-electron chi connectivity index (χ1n) is 26.8. The second-order valence-electron chi connectivity index (χ2n) is 18.6. The molecule has 380 valence electrons. The standard InChI is InChI=1S/C54H99NO10/c1-3-5-7-9-11-13-21-26-30-34-38-42-50(59)63-43-39-35-31-27-23-20-18-16-14-15-17-19-22-25-29-33-37-41-49(58)55-46(47(57)40-36-32-28-24-12-10-8-6-4-2)45-64-54-53(62)52(61)51(60)48(44-56)65-54/h14,16,20,23,36,40,46-48,51-54,56-57,60-62H,3-13,15,17-19,21-22,24-35,37-39,41-45H2,1-2H3,(H,55,58)/b16-14-,23-20-,40-36+. The van der Waals surface area contributed by atoms with Gasteiger partial charge in [-0.05, 0) is 70.6 Å². The quantitative estimate of drug-likeness (QED) is 0.0196. The Bertz CT molecular complexity index is 1180. The number of aliphatic hydroxyl groups is 5. The average molecular weight is 922 g/mol. The van der Waals surface area contributed by atoms with Gasteiger partial charge in [0.1, 0.15) is 24.4 Å². The molecule has 0 spiro atoms. The molecular formula is C54H99NO10. The van der Waals surface area contributed by atoms with Crippen LogP contribution in [0.4, 0.5) is 0 Å². The summed E-state index contributed by atoms with van der Waals surface area (Å²) in [6.07, 6.45) is 42.3. The first-order chi connectivity index (χ1) is 31.7. The highest BCUT2D eigenvalue weighted by molar-refractivity contribution is 5.76. The summed E-state index contributed by atoms with van der Waals surface area (Å²) >= 11 is 0. The minimum absolute atomic E-state index is 0.0334. The van der Waals surface area contributed by atoms with Crippen LogP contribution in [0, 0.1) is 0 Å². The summed E-state index contributed by atoms with van der Waals surface area (Å²) < 4.78 is 16.6. The predicted octanol–water partition coefficient (Wildman–Crippen LogP) is 11.2. The van der Waals surface area contributed by atoms with E-state index in [1.54, 1.807) is 6.08 Å². The molecule has 0 bridgehead atoms. The fourth-order valence-electron chi connectivity index (χ4n) is 8.17. The van der Waals surface area contributed by atoms with E-state index in [-0.39, 0.29) is 18.5 Å². The molecule has 0 aromatic heterocycles. The Morgan fingerprint density at radius 3 is 1.55 bits per heavy atom. The van der Waals surface area contributed by atoms with Gasteiger partial charge < -0.3 is 45.1 Å². The largest absolute Gasteiger partial charge is 0.466 e. The zero-order valence-corrected chi connectivity index (χ0v) is 41.4. The summed E-state index contributed by atoms with van der Waals surface area (Å²) in [5.41, 5.74) is 0. The number of rotatable bonds is 45. The van der Waals surface area contributed by atoms with Gasteiger partial charge in [-0.3, -0.25) is 9.59 Å². The number of ether oxygens (including phenoxy) is 3. The monoisotopic (exact) mass is 922 g/mol. The van der Waals surface area contributed by atoms with Gasteiger partial charge in [-0.25, -0.2) is 0 Å². The van der Waals surface area contributed by atoms with Gasteiger partial charge in [0.2, 0.25) is 5.91 Å². The summed E-state index contributed by atoms with van der Waals surface area (Å²) in [5, 5.41) is 54.1. The molecule has 0 aliphatic carbocycles. The topological polar surface area (TPSA) is 175 Å². The predicted molar refractivity (Wildman–Crippen MR) is 264 cm³/mol. The fraction of sp³-hybridized carbons (Fsp3) is 0.852. The van der Waals surface area contributed by atoms with Crippen LogP contribution in [0.3, 0.4) is 0 Å². The van der Waals surface area contributed by atoms with Gasteiger partial charge in [0.05, 0.1) is 32.0 Å². The number of esters is 1. The summed E-state index contributed by atoms with van der Waals surface area (Å²) in [5.74, 6) is -0.234. The smallest absolute Gasteiger partial charge is 0.305 e. The summed E-state index contributed by atoms with van der Waals surface area (Å²) in [7, 11) is 0. The van der Waals surface area contributed by atoms with Crippen molar-refractivity contribution in [3.05, 3.63) is 36.5 Å². The first kappa shape index (κ1) is 60.9. The molecule has 7 unspecified atom stereocenters. The molecule has 1 amide bonds. The molecule has 1 aliphatic rings. The number of allylic oxidation sites excluding steroid dienone is 5. The van der Waals surface area contributed by atoms with Crippen molar-refractivity contribution in [1.82, 2.24) is 5.32 Å². The molecule has 11 heteroatoms. The minimum Gasteiger partial charge on any atom is -0.466 e. The molecule has 6 N–H and O–H groups in total. The van der Waals surface area contributed by atoms with Crippen LogP contribution in [-0.2, 0) is 23.8 Å². The second kappa shape index (κ2) is 44.4. The Balaban J connectivity index is 2.13. The molecule has 1 saturated heterocycles. The van der Waals surface area contributed by atoms with E-state index in [2.05, 4.69) is 43.5 Å². The van der Waals surface area contributed by atoms with E-state index in [1.807, 2.05) is 6.08 Å². The number of amides is 1. The molecule has 11 nitrogen and oxygen atoms in total. The zero-order chi connectivity index (χ0) is 47.4. The molecule has 0 aromatic carbocycles. The van der Waals surface area contributed by atoms with Gasteiger partial charge in [-0.2, -0.15) is 0 Å². The number of aliphatic hydroxyl groups excluding tert-OH is 5. The van der Waals surface area contributed by atoms with Crippen LogP contribution < -0.4 is 5.32 Å². The maximum absolute atomic E-state index is 13.0. The Morgan fingerprint density at radius 2 is 1.03 bits per heavy atom. The maximum Gasteiger partial charge on any atom is 0.305 e. The van der Waals surface area contributed by atoms with Crippen LogP contribution >= 0.6 is 0 Å². The minimum atomic E-state index is -1.58. The number of hydrogen-bond acceptors (Lipinski definition) is 10. The van der Waals surface area contributed by atoms with Gasteiger partial charge in [0.25, 0.3) is 0 Å². The van der Waals surface area contributed by atoms with Crippen molar-refractivity contribution < 1.29 is 49.3 Å². The number of nitrogens with one attached hydrogen (secondary N) is 1. The van der Waals surface area contributed by atoms with Crippen molar-refractivity contribution in [2.45, 2.75) is 275 Å². The van der Waals surface area contributed by atoms with Crippen LogP contribution in [0.15, 0.2) is 36.5 Å². The Kier molecular flexibility index (Phi) is 41.6. The van der Waals surface area contributed by atoms with E-state index >= 15 is 0 Å². The number of carbonyl (C=O) groups excluding carboxylic acids is 2. The van der Waals surface area contributed by atoms with Crippen LogP contribution in [-0.4, -0.2) is 100 Å². The fourth-order valence-corrected chi connectivity index (χ4v) is 8.17. The molecular weight excluding hydrogens is 823 g/mol. The van der Waals surface area contributed by atoms with Gasteiger partial charge in [0.15, 0.2) is 6.29 Å². The molecule has 0 saturated carbocycles. The zero-order valence-electron chi connectivity index (χ0n) is 41.4. The summed E-state index contributed by atoms with van der Waals surface area (Å²) in [4.78, 5) is 24.9. The van der Waals surface area contributed by atoms with Gasteiger partial charge in [-0.15, -0.1) is 0 Å². The van der Waals surface area contributed by atoms with Crippen LogP contribution in [0.25, 0.3) is 0 Å². The van der Waals surface area contributed by atoms with Crippen molar-refractivity contribution in [3.8, 4) is 0 Å². The normalized spacial score (nSPS) is 20.0. The third kappa shape index (κ3) is 34.8. The van der Waals surface area contributed by atoms with E-state index in [1.165, 1.54) is 109 Å². The van der Waals surface area contributed by atoms with E-state index in [0.717, 1.165) is 96.3 Å². The van der Waals surface area contributed by atoms with E-state index in [9.17, 15) is 35.1 Å². The molecule has 65 heavy (non-hydrogen) atoms.